The molecule has 0 fully saturated rings. The Morgan fingerprint density at radius 2 is 2.25 bits per heavy atom. The van der Waals surface area contributed by atoms with Crippen LogP contribution in [0.4, 0.5) is 5.13 Å². The minimum absolute atomic E-state index is 0.257. The van der Waals surface area contributed by atoms with Crippen LogP contribution in [0.5, 0.6) is 0 Å². The van der Waals surface area contributed by atoms with Crippen molar-refractivity contribution in [2.75, 3.05) is 25.0 Å². The smallest absolute Gasteiger partial charge is 0.231 e. The fourth-order valence-corrected chi connectivity index (χ4v) is 2.08. The summed E-state index contributed by atoms with van der Waals surface area (Å²) in [4.78, 5) is 12.7. The summed E-state index contributed by atoms with van der Waals surface area (Å²) in [5.74, 6) is -0.321. The Bertz CT molecular complexity index is 340. The molecule has 0 unspecified atom stereocenters. The second-order valence-corrected chi connectivity index (χ2v) is 4.36. The third-order valence-electron chi connectivity index (χ3n) is 1.98. The van der Waals surface area contributed by atoms with E-state index in [1.54, 1.807) is 0 Å². The van der Waals surface area contributed by atoms with Gasteiger partial charge in [0, 0.05) is 6.54 Å². The summed E-state index contributed by atoms with van der Waals surface area (Å²) in [6, 6.07) is 0. The number of carbonyl (C=O) groups is 1. The highest BCUT2D eigenvalue weighted by molar-refractivity contribution is 7.15. The Morgan fingerprint density at radius 3 is 2.81 bits per heavy atom. The third kappa shape index (κ3) is 4.11. The van der Waals surface area contributed by atoms with Gasteiger partial charge < -0.3 is 11.1 Å². The Kier molecular flexibility index (Phi) is 5.13. The molecule has 1 aromatic rings. The molecule has 6 nitrogen and oxygen atoms in total. The van der Waals surface area contributed by atoms with Crippen molar-refractivity contribution in [1.29, 1.82) is 0 Å². The van der Waals surface area contributed by atoms with Gasteiger partial charge in [0.15, 0.2) is 0 Å². The number of anilines is 1. The van der Waals surface area contributed by atoms with Crippen LogP contribution in [0.3, 0.4) is 0 Å². The maximum Gasteiger partial charge on any atom is 0.231 e. The Balaban J connectivity index is 2.52. The van der Waals surface area contributed by atoms with Gasteiger partial charge in [-0.05, 0) is 13.5 Å². The molecule has 0 radical (unpaired) electrons. The first-order valence-electron chi connectivity index (χ1n) is 5.22. The van der Waals surface area contributed by atoms with Gasteiger partial charge in [-0.1, -0.05) is 18.3 Å². The minimum Gasteiger partial charge on any atom is -0.369 e. The highest BCUT2D eigenvalue weighted by atomic mass is 32.1. The number of nitrogens with two attached hydrogens (primary N) is 1. The van der Waals surface area contributed by atoms with E-state index >= 15 is 0 Å². The Labute approximate surface area is 98.8 Å². The second-order valence-electron chi connectivity index (χ2n) is 3.30. The molecule has 0 atom stereocenters. The van der Waals surface area contributed by atoms with Gasteiger partial charge in [0.05, 0.1) is 13.1 Å². The van der Waals surface area contributed by atoms with Crippen LogP contribution in [-0.4, -0.2) is 40.6 Å². The van der Waals surface area contributed by atoms with Crippen molar-refractivity contribution in [3.05, 3.63) is 5.01 Å². The number of primary amides is 1. The van der Waals surface area contributed by atoms with Gasteiger partial charge in [0.2, 0.25) is 11.0 Å². The molecule has 0 aromatic carbocycles. The van der Waals surface area contributed by atoms with E-state index in [1.165, 1.54) is 11.3 Å². The van der Waals surface area contributed by atoms with E-state index in [0.29, 0.717) is 6.54 Å². The highest BCUT2D eigenvalue weighted by Gasteiger charge is 2.10. The topological polar surface area (TPSA) is 84.1 Å². The molecule has 3 N–H and O–H groups in total. The lowest BCUT2D eigenvalue weighted by molar-refractivity contribution is -0.119. The number of hydrogen-bond donors (Lipinski definition) is 2. The third-order valence-corrected chi connectivity index (χ3v) is 2.85. The number of hydrogen-bond acceptors (Lipinski definition) is 6. The summed E-state index contributed by atoms with van der Waals surface area (Å²) >= 11 is 1.50. The first-order valence-corrected chi connectivity index (χ1v) is 6.04. The van der Waals surface area contributed by atoms with E-state index in [4.69, 9.17) is 5.73 Å². The molecule has 0 saturated carbocycles. The SMILES string of the molecule is CCNc1nnc(CN(CC)CC(N)=O)s1. The number of amides is 1. The first-order chi connectivity index (χ1) is 7.65. The maximum atomic E-state index is 10.8. The van der Waals surface area contributed by atoms with Gasteiger partial charge in [0.25, 0.3) is 0 Å². The molecule has 1 rings (SSSR count). The predicted octanol–water partition coefficient (Wildman–Crippen LogP) is 0.277. The van der Waals surface area contributed by atoms with Crippen molar-refractivity contribution >= 4 is 22.4 Å². The summed E-state index contributed by atoms with van der Waals surface area (Å²) in [6.07, 6.45) is 0. The first kappa shape index (κ1) is 12.9. The van der Waals surface area contributed by atoms with Crippen molar-refractivity contribution < 1.29 is 4.79 Å². The summed E-state index contributed by atoms with van der Waals surface area (Å²) in [5, 5.41) is 12.8. The standard InChI is InChI=1S/C9H17N5OS/c1-3-11-9-13-12-8(16-9)6-14(4-2)5-7(10)15/h3-6H2,1-2H3,(H2,10,15)(H,11,13). The fourth-order valence-electron chi connectivity index (χ4n) is 1.23. The summed E-state index contributed by atoms with van der Waals surface area (Å²) < 4.78 is 0. The Morgan fingerprint density at radius 1 is 1.50 bits per heavy atom. The van der Waals surface area contributed by atoms with E-state index in [9.17, 15) is 4.79 Å². The van der Waals surface area contributed by atoms with Crippen molar-refractivity contribution in [1.82, 2.24) is 15.1 Å². The van der Waals surface area contributed by atoms with Gasteiger partial charge in [0.1, 0.15) is 5.01 Å². The maximum absolute atomic E-state index is 10.8. The largest absolute Gasteiger partial charge is 0.369 e. The van der Waals surface area contributed by atoms with Crippen molar-refractivity contribution in [2.45, 2.75) is 20.4 Å². The highest BCUT2D eigenvalue weighted by Crippen LogP contribution is 2.16. The van der Waals surface area contributed by atoms with Gasteiger partial charge in [-0.2, -0.15) is 0 Å². The van der Waals surface area contributed by atoms with Crippen LogP contribution in [0.1, 0.15) is 18.9 Å². The molecular formula is C9H17N5OS. The van der Waals surface area contributed by atoms with Gasteiger partial charge in [-0.15, -0.1) is 10.2 Å². The summed E-state index contributed by atoms with van der Waals surface area (Å²) in [6.45, 7) is 6.45. The van der Waals surface area contributed by atoms with Gasteiger partial charge in [-0.25, -0.2) is 0 Å². The summed E-state index contributed by atoms with van der Waals surface area (Å²) in [7, 11) is 0. The quantitative estimate of drug-likeness (QED) is 0.718. The van der Waals surface area contributed by atoms with Crippen LogP contribution in [-0.2, 0) is 11.3 Å². The molecule has 0 aliphatic rings. The molecule has 16 heavy (non-hydrogen) atoms. The average Bonchev–Trinajstić information content (AvgIpc) is 2.64. The molecule has 7 heteroatoms. The van der Waals surface area contributed by atoms with Crippen LogP contribution in [0.2, 0.25) is 0 Å². The predicted molar refractivity (Wildman–Crippen MR) is 64.2 cm³/mol. The molecule has 0 aliphatic heterocycles. The molecule has 1 aromatic heterocycles. The molecule has 0 saturated heterocycles. The lowest BCUT2D eigenvalue weighted by Gasteiger charge is -2.15. The van der Waals surface area contributed by atoms with Crippen LogP contribution >= 0.6 is 11.3 Å². The normalized spacial score (nSPS) is 10.7. The number of nitrogens with zero attached hydrogens (tertiary/aromatic N) is 3. The van der Waals surface area contributed by atoms with E-state index in [1.807, 2.05) is 18.7 Å². The monoisotopic (exact) mass is 243 g/mol. The zero-order chi connectivity index (χ0) is 12.0. The molecule has 0 aliphatic carbocycles. The zero-order valence-corrected chi connectivity index (χ0v) is 10.4. The number of carbonyl (C=O) groups excluding carboxylic acids is 1. The van der Waals surface area contributed by atoms with Crippen molar-refractivity contribution in [2.24, 2.45) is 5.73 Å². The average molecular weight is 243 g/mol. The zero-order valence-electron chi connectivity index (χ0n) is 9.56. The van der Waals surface area contributed by atoms with E-state index < -0.39 is 0 Å². The number of nitrogens with one attached hydrogen (secondary N) is 1. The van der Waals surface area contributed by atoms with Crippen LogP contribution in [0, 0.1) is 0 Å². The van der Waals surface area contributed by atoms with Gasteiger partial charge >= 0.3 is 0 Å². The van der Waals surface area contributed by atoms with Crippen molar-refractivity contribution in [3.63, 3.8) is 0 Å². The molecule has 1 heterocycles. The van der Waals surface area contributed by atoms with Crippen LogP contribution < -0.4 is 11.1 Å². The molecule has 1 amide bonds. The fraction of sp³-hybridized carbons (Fsp3) is 0.667. The lowest BCUT2D eigenvalue weighted by Crippen LogP contribution is -2.33. The van der Waals surface area contributed by atoms with Crippen LogP contribution in [0.15, 0.2) is 0 Å². The minimum atomic E-state index is -0.321. The van der Waals surface area contributed by atoms with E-state index in [2.05, 4.69) is 15.5 Å². The summed E-state index contributed by atoms with van der Waals surface area (Å²) in [5.41, 5.74) is 5.15. The van der Waals surface area contributed by atoms with Crippen LogP contribution in [0.25, 0.3) is 0 Å². The molecule has 90 valence electrons. The number of likely N-dealkylation sites (N-methyl/N-ethyl adjacent to an activating group) is 1. The number of aromatic nitrogens is 2. The molecule has 0 bridgehead atoms. The second kappa shape index (κ2) is 6.39. The lowest BCUT2D eigenvalue weighted by atomic mass is 10.4. The van der Waals surface area contributed by atoms with Gasteiger partial charge in [-0.3, -0.25) is 9.69 Å². The Hall–Kier alpha value is -1.21. The van der Waals surface area contributed by atoms with E-state index in [0.717, 1.165) is 23.2 Å². The molecule has 0 spiro atoms. The number of rotatable bonds is 7. The molecular weight excluding hydrogens is 226 g/mol. The van der Waals surface area contributed by atoms with E-state index in [-0.39, 0.29) is 12.5 Å². The van der Waals surface area contributed by atoms with Crippen molar-refractivity contribution in [3.8, 4) is 0 Å².